The zero-order valence-corrected chi connectivity index (χ0v) is 11.3. The molecule has 0 bridgehead atoms. The van der Waals surface area contributed by atoms with Gasteiger partial charge in [-0.3, -0.25) is 4.79 Å². The second kappa shape index (κ2) is 7.24. The maximum atomic E-state index is 11.9. The predicted octanol–water partition coefficient (Wildman–Crippen LogP) is 2.07. The van der Waals surface area contributed by atoms with E-state index in [1.807, 2.05) is 11.8 Å². The molecule has 2 N–H and O–H groups in total. The van der Waals surface area contributed by atoms with E-state index in [0.29, 0.717) is 19.0 Å². The molecule has 0 aromatic heterocycles. The van der Waals surface area contributed by atoms with Gasteiger partial charge in [0.05, 0.1) is 0 Å². The Morgan fingerprint density at radius 3 is 2.78 bits per heavy atom. The van der Waals surface area contributed by atoms with E-state index in [2.05, 4.69) is 12.2 Å². The molecule has 2 unspecified atom stereocenters. The third-order valence-corrected chi connectivity index (χ3v) is 3.52. The summed E-state index contributed by atoms with van der Waals surface area (Å²) < 4.78 is 0. The third kappa shape index (κ3) is 4.94. The highest BCUT2D eigenvalue weighted by molar-refractivity contribution is 5.74. The topological polar surface area (TPSA) is 69.6 Å². The predicted molar refractivity (Wildman–Crippen MR) is 69.5 cm³/mol. The number of carboxylic acids is 1. The summed E-state index contributed by atoms with van der Waals surface area (Å²) in [4.78, 5) is 24.3. The van der Waals surface area contributed by atoms with E-state index in [1.165, 1.54) is 6.42 Å². The molecule has 2 atom stereocenters. The standard InChI is InChI=1S/C13H24N2O3/c1-10(6-7-12(16)17)9-14-13(18)15-8-4-3-5-11(15)2/h10-11H,3-9H2,1-2H3,(H,14,18)(H,16,17). The lowest BCUT2D eigenvalue weighted by Gasteiger charge is -2.33. The van der Waals surface area contributed by atoms with Crippen LogP contribution in [-0.4, -0.2) is 41.1 Å². The van der Waals surface area contributed by atoms with E-state index >= 15 is 0 Å². The molecule has 104 valence electrons. The number of aliphatic carboxylic acids is 1. The molecule has 5 nitrogen and oxygen atoms in total. The number of carbonyl (C=O) groups is 2. The summed E-state index contributed by atoms with van der Waals surface area (Å²) in [6, 6.07) is 0.303. The maximum absolute atomic E-state index is 11.9. The van der Waals surface area contributed by atoms with Crippen LogP contribution in [0.2, 0.25) is 0 Å². The largest absolute Gasteiger partial charge is 0.481 e. The van der Waals surface area contributed by atoms with Gasteiger partial charge >= 0.3 is 12.0 Å². The molecule has 0 spiro atoms. The van der Waals surface area contributed by atoms with E-state index in [1.54, 1.807) is 0 Å². The van der Waals surface area contributed by atoms with Gasteiger partial charge in [-0.1, -0.05) is 6.92 Å². The lowest BCUT2D eigenvalue weighted by atomic mass is 10.0. The molecule has 1 fully saturated rings. The van der Waals surface area contributed by atoms with Crippen LogP contribution < -0.4 is 5.32 Å². The van der Waals surface area contributed by atoms with Crippen molar-refractivity contribution in [2.45, 2.75) is 52.0 Å². The van der Waals surface area contributed by atoms with Crippen LogP contribution in [0.15, 0.2) is 0 Å². The normalized spacial score (nSPS) is 21.4. The van der Waals surface area contributed by atoms with Crippen LogP contribution in [0.25, 0.3) is 0 Å². The minimum Gasteiger partial charge on any atom is -0.481 e. The molecule has 1 rings (SSSR count). The zero-order chi connectivity index (χ0) is 13.5. The van der Waals surface area contributed by atoms with Gasteiger partial charge in [0.25, 0.3) is 0 Å². The summed E-state index contributed by atoms with van der Waals surface area (Å²) in [7, 11) is 0. The molecule has 1 heterocycles. The van der Waals surface area contributed by atoms with E-state index in [0.717, 1.165) is 19.4 Å². The summed E-state index contributed by atoms with van der Waals surface area (Å²) in [5.41, 5.74) is 0. The molecule has 2 amide bonds. The molecular weight excluding hydrogens is 232 g/mol. The van der Waals surface area contributed by atoms with Crippen LogP contribution in [0.1, 0.15) is 46.0 Å². The van der Waals surface area contributed by atoms with Crippen molar-refractivity contribution >= 4 is 12.0 Å². The first-order chi connectivity index (χ1) is 8.50. The molecular formula is C13H24N2O3. The summed E-state index contributed by atoms with van der Waals surface area (Å²) in [6.07, 6.45) is 4.11. The Hall–Kier alpha value is -1.26. The van der Waals surface area contributed by atoms with Gasteiger partial charge in [-0.25, -0.2) is 4.79 Å². The van der Waals surface area contributed by atoms with Crippen molar-refractivity contribution in [3.05, 3.63) is 0 Å². The Kier molecular flexibility index (Phi) is 5.95. The number of urea groups is 1. The van der Waals surface area contributed by atoms with Gasteiger partial charge in [0.2, 0.25) is 0 Å². The number of amides is 2. The van der Waals surface area contributed by atoms with Gasteiger partial charge in [-0.15, -0.1) is 0 Å². The SMILES string of the molecule is CC(CCC(=O)O)CNC(=O)N1CCCCC1C. The summed E-state index contributed by atoms with van der Waals surface area (Å²) in [5, 5.41) is 11.5. The number of rotatable bonds is 5. The quantitative estimate of drug-likeness (QED) is 0.791. The van der Waals surface area contributed by atoms with Gasteiger partial charge in [0, 0.05) is 25.6 Å². The monoisotopic (exact) mass is 256 g/mol. The number of nitrogens with zero attached hydrogens (tertiary/aromatic N) is 1. The molecule has 0 saturated carbocycles. The van der Waals surface area contributed by atoms with E-state index in [-0.39, 0.29) is 18.4 Å². The van der Waals surface area contributed by atoms with E-state index < -0.39 is 5.97 Å². The second-order valence-electron chi connectivity index (χ2n) is 5.26. The van der Waals surface area contributed by atoms with Crippen LogP contribution in [0.5, 0.6) is 0 Å². The molecule has 0 aromatic carbocycles. The van der Waals surface area contributed by atoms with Crippen LogP contribution in [-0.2, 0) is 4.79 Å². The average molecular weight is 256 g/mol. The van der Waals surface area contributed by atoms with Crippen molar-refractivity contribution in [3.8, 4) is 0 Å². The first-order valence-electron chi connectivity index (χ1n) is 6.77. The number of hydrogen-bond donors (Lipinski definition) is 2. The van der Waals surface area contributed by atoms with Gasteiger partial charge in [-0.05, 0) is 38.5 Å². The highest BCUT2D eigenvalue weighted by Gasteiger charge is 2.23. The van der Waals surface area contributed by atoms with Crippen molar-refractivity contribution in [1.29, 1.82) is 0 Å². The van der Waals surface area contributed by atoms with Crippen LogP contribution in [0.4, 0.5) is 4.79 Å². The minimum absolute atomic E-state index is 0.00984. The minimum atomic E-state index is -0.780. The van der Waals surface area contributed by atoms with Gasteiger partial charge in [0.1, 0.15) is 0 Å². The van der Waals surface area contributed by atoms with Gasteiger partial charge in [0.15, 0.2) is 0 Å². The lowest BCUT2D eigenvalue weighted by Crippen LogP contribution is -2.48. The number of carboxylic acid groups (broad SMARTS) is 1. The van der Waals surface area contributed by atoms with Crippen molar-refractivity contribution in [2.75, 3.05) is 13.1 Å². The number of nitrogens with one attached hydrogen (secondary N) is 1. The van der Waals surface area contributed by atoms with E-state index in [4.69, 9.17) is 5.11 Å². The smallest absolute Gasteiger partial charge is 0.317 e. The molecule has 0 radical (unpaired) electrons. The van der Waals surface area contributed by atoms with Crippen LogP contribution >= 0.6 is 0 Å². The third-order valence-electron chi connectivity index (χ3n) is 3.52. The molecule has 5 heteroatoms. The second-order valence-corrected chi connectivity index (χ2v) is 5.26. The zero-order valence-electron chi connectivity index (χ0n) is 11.3. The number of likely N-dealkylation sites (tertiary alicyclic amines) is 1. The Labute approximate surface area is 109 Å². The number of hydrogen-bond acceptors (Lipinski definition) is 2. The van der Waals surface area contributed by atoms with Gasteiger partial charge < -0.3 is 15.3 Å². The molecule has 1 saturated heterocycles. The molecule has 1 aliphatic heterocycles. The summed E-state index contributed by atoms with van der Waals surface area (Å²) in [6.45, 7) is 5.42. The van der Waals surface area contributed by atoms with Crippen LogP contribution in [0.3, 0.4) is 0 Å². The molecule has 0 aromatic rings. The Balaban J connectivity index is 2.25. The first-order valence-corrected chi connectivity index (χ1v) is 6.77. The van der Waals surface area contributed by atoms with Crippen molar-refractivity contribution < 1.29 is 14.7 Å². The summed E-state index contributed by atoms with van der Waals surface area (Å²) in [5.74, 6) is -0.581. The summed E-state index contributed by atoms with van der Waals surface area (Å²) >= 11 is 0. The number of piperidine rings is 1. The highest BCUT2D eigenvalue weighted by atomic mass is 16.4. The lowest BCUT2D eigenvalue weighted by molar-refractivity contribution is -0.137. The van der Waals surface area contributed by atoms with Crippen molar-refractivity contribution in [3.63, 3.8) is 0 Å². The van der Waals surface area contributed by atoms with Crippen LogP contribution in [0, 0.1) is 5.92 Å². The maximum Gasteiger partial charge on any atom is 0.317 e. The molecule has 18 heavy (non-hydrogen) atoms. The van der Waals surface area contributed by atoms with Crippen molar-refractivity contribution in [2.24, 2.45) is 5.92 Å². The average Bonchev–Trinajstić information content (AvgIpc) is 2.34. The fourth-order valence-electron chi connectivity index (χ4n) is 2.23. The Morgan fingerprint density at radius 2 is 2.17 bits per heavy atom. The fourth-order valence-corrected chi connectivity index (χ4v) is 2.23. The van der Waals surface area contributed by atoms with E-state index in [9.17, 15) is 9.59 Å². The Morgan fingerprint density at radius 1 is 1.44 bits per heavy atom. The highest BCUT2D eigenvalue weighted by Crippen LogP contribution is 2.16. The Bertz CT molecular complexity index is 294. The number of carbonyl (C=O) groups excluding carboxylic acids is 1. The molecule has 0 aliphatic carbocycles. The fraction of sp³-hybridized carbons (Fsp3) is 0.846. The van der Waals surface area contributed by atoms with Gasteiger partial charge in [-0.2, -0.15) is 0 Å². The van der Waals surface area contributed by atoms with Crippen molar-refractivity contribution in [1.82, 2.24) is 10.2 Å². The molecule has 1 aliphatic rings. The first kappa shape index (κ1) is 14.8.